The summed E-state index contributed by atoms with van der Waals surface area (Å²) in [6.45, 7) is -0.563. The Morgan fingerprint density at radius 1 is 1.59 bits per heavy atom. The average Bonchev–Trinajstić information content (AvgIpc) is 2.33. The van der Waals surface area contributed by atoms with Gasteiger partial charge in [-0.2, -0.15) is 0 Å². The average molecular weight is 239 g/mol. The van der Waals surface area contributed by atoms with Crippen LogP contribution in [0, 0.1) is 11.8 Å². The smallest absolute Gasteiger partial charge is 0.271 e. The van der Waals surface area contributed by atoms with Crippen LogP contribution < -0.4 is 11.1 Å². The monoisotopic (exact) mass is 239 g/mol. The van der Waals surface area contributed by atoms with Crippen LogP contribution in [0.3, 0.4) is 0 Å². The fourth-order valence-corrected chi connectivity index (χ4v) is 1.09. The number of nitrogens with one attached hydrogen (secondary N) is 1. The molecule has 6 heteroatoms. The molecule has 0 aromatic carbocycles. The Morgan fingerprint density at radius 2 is 2.35 bits per heavy atom. The molecule has 1 rings (SSSR count). The van der Waals surface area contributed by atoms with E-state index in [1.54, 1.807) is 12.1 Å². The van der Waals surface area contributed by atoms with Gasteiger partial charge < -0.3 is 11.1 Å². The number of hydrogen-bond acceptors (Lipinski definition) is 3. The molecule has 0 saturated carbocycles. The van der Waals surface area contributed by atoms with Gasteiger partial charge >= 0.3 is 0 Å². The van der Waals surface area contributed by atoms with Crippen molar-refractivity contribution in [3.05, 3.63) is 29.6 Å². The standard InChI is InChI=1S/C11H11F2N3O/c12-9(13)7-16-11(17)10-8(3-1-5-14)4-2-6-15-10/h2,4,6,9H,5,7,14H2,(H,16,17). The zero-order valence-electron chi connectivity index (χ0n) is 8.91. The number of amides is 1. The Kier molecular flexibility index (Phi) is 5.04. The molecule has 0 bridgehead atoms. The third-order valence-corrected chi connectivity index (χ3v) is 1.76. The SMILES string of the molecule is NCC#Cc1cccnc1C(=O)NCC(F)F. The molecular weight excluding hydrogens is 228 g/mol. The number of nitrogens with two attached hydrogens (primary N) is 1. The number of carbonyl (C=O) groups excluding carboxylic acids is 1. The number of hydrogen-bond donors (Lipinski definition) is 2. The van der Waals surface area contributed by atoms with Gasteiger partial charge in [-0.05, 0) is 12.1 Å². The maximum atomic E-state index is 11.9. The summed E-state index contributed by atoms with van der Waals surface area (Å²) < 4.78 is 23.9. The molecule has 4 nitrogen and oxygen atoms in total. The van der Waals surface area contributed by atoms with Gasteiger partial charge in [0.15, 0.2) is 0 Å². The summed E-state index contributed by atoms with van der Waals surface area (Å²) in [5.74, 6) is 4.56. The highest BCUT2D eigenvalue weighted by atomic mass is 19.3. The molecule has 0 aliphatic heterocycles. The number of halogens is 2. The normalized spacial score (nSPS) is 9.65. The van der Waals surface area contributed by atoms with Gasteiger partial charge in [-0.1, -0.05) is 11.8 Å². The summed E-state index contributed by atoms with van der Waals surface area (Å²) in [4.78, 5) is 15.3. The molecule has 0 unspecified atom stereocenters. The van der Waals surface area contributed by atoms with Gasteiger partial charge in [-0.15, -0.1) is 0 Å². The molecule has 1 aromatic heterocycles. The van der Waals surface area contributed by atoms with Crippen molar-refractivity contribution in [1.29, 1.82) is 0 Å². The van der Waals surface area contributed by atoms with Crippen LogP contribution in [-0.4, -0.2) is 30.4 Å². The van der Waals surface area contributed by atoms with E-state index in [0.717, 1.165) is 0 Å². The van der Waals surface area contributed by atoms with Crippen molar-refractivity contribution in [2.45, 2.75) is 6.43 Å². The van der Waals surface area contributed by atoms with Crippen LogP contribution in [0.5, 0.6) is 0 Å². The first-order chi connectivity index (χ1) is 8.15. The second kappa shape index (κ2) is 6.55. The minimum atomic E-state index is -2.60. The van der Waals surface area contributed by atoms with Crippen LogP contribution >= 0.6 is 0 Å². The third kappa shape index (κ3) is 4.17. The molecule has 90 valence electrons. The van der Waals surface area contributed by atoms with Gasteiger partial charge in [-0.3, -0.25) is 4.79 Å². The van der Waals surface area contributed by atoms with Gasteiger partial charge in [0.2, 0.25) is 0 Å². The van der Waals surface area contributed by atoms with Crippen molar-refractivity contribution in [2.24, 2.45) is 5.73 Å². The number of aromatic nitrogens is 1. The first-order valence-electron chi connectivity index (χ1n) is 4.85. The minimum Gasteiger partial charge on any atom is -0.345 e. The van der Waals surface area contributed by atoms with Crippen LogP contribution in [0.25, 0.3) is 0 Å². The van der Waals surface area contributed by atoms with Crippen molar-refractivity contribution in [2.75, 3.05) is 13.1 Å². The van der Waals surface area contributed by atoms with Crippen molar-refractivity contribution in [3.63, 3.8) is 0 Å². The van der Waals surface area contributed by atoms with E-state index in [9.17, 15) is 13.6 Å². The molecule has 0 aliphatic rings. The Balaban J connectivity index is 2.85. The molecule has 1 aromatic rings. The van der Waals surface area contributed by atoms with E-state index in [-0.39, 0.29) is 12.2 Å². The van der Waals surface area contributed by atoms with E-state index < -0.39 is 18.9 Å². The van der Waals surface area contributed by atoms with Gasteiger partial charge in [0, 0.05) is 6.20 Å². The van der Waals surface area contributed by atoms with Crippen LogP contribution in [-0.2, 0) is 0 Å². The second-order valence-electron chi connectivity index (χ2n) is 3.01. The molecule has 1 amide bonds. The van der Waals surface area contributed by atoms with Crippen LogP contribution in [0.2, 0.25) is 0 Å². The third-order valence-electron chi connectivity index (χ3n) is 1.76. The molecule has 0 aliphatic carbocycles. The van der Waals surface area contributed by atoms with E-state index in [4.69, 9.17) is 5.73 Å². The highest BCUT2D eigenvalue weighted by Gasteiger charge is 2.12. The molecular formula is C11H11F2N3O. The Morgan fingerprint density at radius 3 is 3.00 bits per heavy atom. The quantitative estimate of drug-likeness (QED) is 0.750. The Bertz CT molecular complexity index is 452. The van der Waals surface area contributed by atoms with Crippen LogP contribution in [0.15, 0.2) is 18.3 Å². The molecule has 0 spiro atoms. The van der Waals surface area contributed by atoms with Crippen LogP contribution in [0.1, 0.15) is 16.1 Å². The molecule has 17 heavy (non-hydrogen) atoms. The Hall–Kier alpha value is -2.00. The lowest BCUT2D eigenvalue weighted by Gasteiger charge is -2.04. The lowest BCUT2D eigenvalue weighted by molar-refractivity contribution is 0.0886. The minimum absolute atomic E-state index is 0.0223. The predicted octanol–water partition coefficient (Wildman–Crippen LogP) is 0.387. The Labute approximate surface area is 97.2 Å². The zero-order valence-corrected chi connectivity index (χ0v) is 8.91. The largest absolute Gasteiger partial charge is 0.345 e. The second-order valence-corrected chi connectivity index (χ2v) is 3.01. The van der Waals surface area contributed by atoms with Gasteiger partial charge in [-0.25, -0.2) is 13.8 Å². The number of nitrogens with zero attached hydrogens (tertiary/aromatic N) is 1. The topological polar surface area (TPSA) is 68.0 Å². The van der Waals surface area contributed by atoms with Gasteiger partial charge in [0.25, 0.3) is 12.3 Å². The van der Waals surface area contributed by atoms with E-state index in [0.29, 0.717) is 5.56 Å². The summed E-state index contributed by atoms with van der Waals surface area (Å²) in [6, 6.07) is 3.18. The molecule has 0 fully saturated rings. The molecule has 0 atom stereocenters. The van der Waals surface area contributed by atoms with Crippen molar-refractivity contribution in [3.8, 4) is 11.8 Å². The van der Waals surface area contributed by atoms with Crippen molar-refractivity contribution < 1.29 is 13.6 Å². The van der Waals surface area contributed by atoms with E-state index in [1.807, 2.05) is 0 Å². The fraction of sp³-hybridized carbons (Fsp3) is 0.273. The molecule has 1 heterocycles. The summed E-state index contributed by atoms with van der Waals surface area (Å²) in [5, 5.41) is 2.06. The van der Waals surface area contributed by atoms with Crippen molar-refractivity contribution >= 4 is 5.91 Å². The fourth-order valence-electron chi connectivity index (χ4n) is 1.09. The highest BCUT2D eigenvalue weighted by molar-refractivity contribution is 5.94. The first-order valence-corrected chi connectivity index (χ1v) is 4.85. The maximum absolute atomic E-state index is 11.9. The van der Waals surface area contributed by atoms with E-state index >= 15 is 0 Å². The number of carbonyl (C=O) groups is 1. The van der Waals surface area contributed by atoms with E-state index in [2.05, 4.69) is 22.1 Å². The summed E-state index contributed by atoms with van der Waals surface area (Å²) in [5.41, 5.74) is 5.59. The zero-order chi connectivity index (χ0) is 12.7. The van der Waals surface area contributed by atoms with E-state index in [1.165, 1.54) is 6.20 Å². The first kappa shape index (κ1) is 13.1. The molecule has 0 radical (unpaired) electrons. The number of alkyl halides is 2. The van der Waals surface area contributed by atoms with Crippen molar-refractivity contribution in [1.82, 2.24) is 10.3 Å². The number of pyridine rings is 1. The maximum Gasteiger partial charge on any atom is 0.271 e. The summed E-state index contributed by atoms with van der Waals surface area (Å²) >= 11 is 0. The lowest BCUT2D eigenvalue weighted by Crippen LogP contribution is -2.29. The molecule has 0 saturated heterocycles. The summed E-state index contributed by atoms with van der Waals surface area (Å²) in [7, 11) is 0. The molecule has 3 N–H and O–H groups in total. The highest BCUT2D eigenvalue weighted by Crippen LogP contribution is 2.03. The summed E-state index contributed by atoms with van der Waals surface area (Å²) in [6.07, 6.45) is -1.20. The predicted molar refractivity (Wildman–Crippen MR) is 58.5 cm³/mol. The van der Waals surface area contributed by atoms with Gasteiger partial charge in [0.1, 0.15) is 5.69 Å². The number of rotatable bonds is 3. The van der Waals surface area contributed by atoms with Gasteiger partial charge in [0.05, 0.1) is 18.7 Å². The van der Waals surface area contributed by atoms with Crippen LogP contribution in [0.4, 0.5) is 8.78 Å². The lowest BCUT2D eigenvalue weighted by atomic mass is 10.2.